The molecule has 1 aromatic rings. The molecule has 0 bridgehead atoms. The lowest BCUT2D eigenvalue weighted by Gasteiger charge is -2.39. The van der Waals surface area contributed by atoms with Crippen molar-refractivity contribution < 1.29 is 9.47 Å². The molecule has 0 atom stereocenters. The molecule has 0 aromatic carbocycles. The van der Waals surface area contributed by atoms with Crippen LogP contribution in [0.4, 0.5) is 0 Å². The van der Waals surface area contributed by atoms with Crippen molar-refractivity contribution in [1.82, 2.24) is 9.97 Å². The summed E-state index contributed by atoms with van der Waals surface area (Å²) in [7, 11) is 1.68. The van der Waals surface area contributed by atoms with Crippen LogP contribution in [0.25, 0.3) is 0 Å². The highest BCUT2D eigenvalue weighted by atomic mass is 16.5. The topological polar surface area (TPSA) is 64.2 Å². The van der Waals surface area contributed by atoms with Gasteiger partial charge in [0.25, 0.3) is 5.56 Å². The van der Waals surface area contributed by atoms with Crippen LogP contribution < -0.4 is 5.56 Å². The molecule has 2 heterocycles. The standard InChI is InChI=1S/C12H16N2O3/c1-16-12(4-2-5-12)11-13-9-3-6-17-7-8(9)10(15)14-11/h2-7H2,1H3,(H,13,14,15). The lowest BCUT2D eigenvalue weighted by atomic mass is 9.79. The lowest BCUT2D eigenvalue weighted by molar-refractivity contribution is -0.0851. The Morgan fingerprint density at radius 1 is 1.47 bits per heavy atom. The van der Waals surface area contributed by atoms with Gasteiger partial charge in [-0.15, -0.1) is 0 Å². The number of ether oxygens (including phenoxy) is 2. The third kappa shape index (κ3) is 1.61. The summed E-state index contributed by atoms with van der Waals surface area (Å²) in [5, 5.41) is 0. The van der Waals surface area contributed by atoms with Crippen molar-refractivity contribution >= 4 is 0 Å². The number of H-pyrrole nitrogens is 1. The zero-order valence-electron chi connectivity index (χ0n) is 9.91. The van der Waals surface area contributed by atoms with Gasteiger partial charge in [0.05, 0.1) is 24.5 Å². The molecule has 0 saturated heterocycles. The predicted octanol–water partition coefficient (Wildman–Crippen LogP) is 0.868. The highest BCUT2D eigenvalue weighted by Gasteiger charge is 2.41. The number of nitrogens with zero attached hydrogens (tertiary/aromatic N) is 1. The Kier molecular flexibility index (Phi) is 2.52. The Morgan fingerprint density at radius 2 is 2.29 bits per heavy atom. The van der Waals surface area contributed by atoms with E-state index in [-0.39, 0.29) is 11.2 Å². The van der Waals surface area contributed by atoms with E-state index < -0.39 is 0 Å². The molecule has 1 aliphatic carbocycles. The van der Waals surface area contributed by atoms with Gasteiger partial charge < -0.3 is 14.5 Å². The summed E-state index contributed by atoms with van der Waals surface area (Å²) in [6.45, 7) is 1.01. The van der Waals surface area contributed by atoms with Crippen molar-refractivity contribution in [2.24, 2.45) is 0 Å². The molecule has 5 heteroatoms. The van der Waals surface area contributed by atoms with Crippen molar-refractivity contribution in [2.45, 2.75) is 37.9 Å². The summed E-state index contributed by atoms with van der Waals surface area (Å²) in [5.74, 6) is 0.692. The fourth-order valence-corrected chi connectivity index (χ4v) is 2.49. The van der Waals surface area contributed by atoms with E-state index in [1.807, 2.05) is 0 Å². The van der Waals surface area contributed by atoms with Gasteiger partial charge in [-0.05, 0) is 19.3 Å². The van der Waals surface area contributed by atoms with Crippen molar-refractivity contribution in [2.75, 3.05) is 13.7 Å². The average molecular weight is 236 g/mol. The number of aromatic amines is 1. The molecule has 1 fully saturated rings. The Morgan fingerprint density at radius 3 is 2.94 bits per heavy atom. The molecule has 2 aliphatic rings. The van der Waals surface area contributed by atoms with Crippen LogP contribution in [-0.4, -0.2) is 23.7 Å². The third-order valence-electron chi connectivity index (χ3n) is 3.81. The van der Waals surface area contributed by atoms with E-state index in [1.54, 1.807) is 7.11 Å². The Hall–Kier alpha value is -1.20. The minimum atomic E-state index is -0.355. The summed E-state index contributed by atoms with van der Waals surface area (Å²) < 4.78 is 10.8. The average Bonchev–Trinajstić information content (AvgIpc) is 2.28. The van der Waals surface area contributed by atoms with Crippen LogP contribution in [0.2, 0.25) is 0 Å². The quantitative estimate of drug-likeness (QED) is 0.827. The van der Waals surface area contributed by atoms with Crippen molar-refractivity contribution in [1.29, 1.82) is 0 Å². The highest BCUT2D eigenvalue weighted by Crippen LogP contribution is 2.42. The molecule has 0 amide bonds. The van der Waals surface area contributed by atoms with Gasteiger partial charge in [0.15, 0.2) is 0 Å². The molecular formula is C12H16N2O3. The Balaban J connectivity index is 2.07. The summed E-state index contributed by atoms with van der Waals surface area (Å²) in [5.41, 5.74) is 1.11. The Labute approximate surface area is 99.2 Å². The first kappa shape index (κ1) is 10.9. The second-order valence-corrected chi connectivity index (χ2v) is 4.69. The Bertz CT molecular complexity index is 486. The molecule has 1 N–H and O–H groups in total. The molecule has 0 radical (unpaired) electrons. The van der Waals surface area contributed by atoms with Crippen LogP contribution in [0.5, 0.6) is 0 Å². The minimum Gasteiger partial charge on any atom is -0.376 e. The fourth-order valence-electron chi connectivity index (χ4n) is 2.49. The summed E-state index contributed by atoms with van der Waals surface area (Å²) in [4.78, 5) is 19.4. The highest BCUT2D eigenvalue weighted by molar-refractivity contribution is 5.22. The van der Waals surface area contributed by atoms with E-state index in [4.69, 9.17) is 9.47 Å². The van der Waals surface area contributed by atoms with Gasteiger partial charge in [0.2, 0.25) is 0 Å². The number of nitrogens with one attached hydrogen (secondary N) is 1. The molecule has 92 valence electrons. The monoisotopic (exact) mass is 236 g/mol. The fraction of sp³-hybridized carbons (Fsp3) is 0.667. The normalized spacial score (nSPS) is 21.7. The second-order valence-electron chi connectivity index (χ2n) is 4.69. The third-order valence-corrected chi connectivity index (χ3v) is 3.81. The molecule has 1 saturated carbocycles. The van der Waals surface area contributed by atoms with Gasteiger partial charge in [-0.2, -0.15) is 0 Å². The predicted molar refractivity (Wildman–Crippen MR) is 60.8 cm³/mol. The van der Waals surface area contributed by atoms with E-state index in [1.165, 1.54) is 0 Å². The maximum Gasteiger partial charge on any atom is 0.256 e. The molecule has 0 unspecified atom stereocenters. The van der Waals surface area contributed by atoms with Crippen LogP contribution in [-0.2, 0) is 28.1 Å². The summed E-state index contributed by atoms with van der Waals surface area (Å²) in [6.07, 6.45) is 3.70. The number of hydrogen-bond donors (Lipinski definition) is 1. The van der Waals surface area contributed by atoms with E-state index >= 15 is 0 Å². The largest absolute Gasteiger partial charge is 0.376 e. The maximum atomic E-state index is 12.0. The number of fused-ring (bicyclic) bond motifs is 1. The molecule has 5 nitrogen and oxygen atoms in total. The second kappa shape index (κ2) is 3.92. The van der Waals surface area contributed by atoms with Crippen LogP contribution >= 0.6 is 0 Å². The van der Waals surface area contributed by atoms with Crippen LogP contribution in [0.15, 0.2) is 4.79 Å². The number of methoxy groups -OCH3 is 1. The molecule has 1 aliphatic heterocycles. The smallest absolute Gasteiger partial charge is 0.256 e. The van der Waals surface area contributed by atoms with Crippen molar-refractivity contribution in [3.8, 4) is 0 Å². The molecule has 3 rings (SSSR count). The first-order chi connectivity index (χ1) is 8.25. The van der Waals surface area contributed by atoms with Crippen LogP contribution in [0.1, 0.15) is 36.3 Å². The SMILES string of the molecule is COC1(c2nc3c(c(=O)[nH]2)COCC3)CCC1. The van der Waals surface area contributed by atoms with Crippen LogP contribution in [0, 0.1) is 0 Å². The lowest BCUT2D eigenvalue weighted by Crippen LogP contribution is -2.40. The van der Waals surface area contributed by atoms with E-state index in [0.29, 0.717) is 31.0 Å². The van der Waals surface area contributed by atoms with E-state index in [2.05, 4.69) is 9.97 Å². The zero-order chi connectivity index (χ0) is 11.9. The van der Waals surface area contributed by atoms with Crippen molar-refractivity contribution in [3.63, 3.8) is 0 Å². The van der Waals surface area contributed by atoms with E-state index in [9.17, 15) is 4.79 Å². The molecule has 17 heavy (non-hydrogen) atoms. The van der Waals surface area contributed by atoms with E-state index in [0.717, 1.165) is 25.0 Å². The molecular weight excluding hydrogens is 220 g/mol. The molecule has 0 spiro atoms. The van der Waals surface area contributed by atoms with Crippen molar-refractivity contribution in [3.05, 3.63) is 27.4 Å². The van der Waals surface area contributed by atoms with Gasteiger partial charge in [-0.3, -0.25) is 4.79 Å². The van der Waals surface area contributed by atoms with Gasteiger partial charge in [0, 0.05) is 13.5 Å². The number of rotatable bonds is 2. The summed E-state index contributed by atoms with van der Waals surface area (Å²) in [6, 6.07) is 0. The van der Waals surface area contributed by atoms with Crippen LogP contribution in [0.3, 0.4) is 0 Å². The zero-order valence-corrected chi connectivity index (χ0v) is 9.91. The van der Waals surface area contributed by atoms with Gasteiger partial charge >= 0.3 is 0 Å². The van der Waals surface area contributed by atoms with Gasteiger partial charge in [-0.1, -0.05) is 0 Å². The van der Waals surface area contributed by atoms with Gasteiger partial charge in [-0.25, -0.2) is 4.98 Å². The first-order valence-electron chi connectivity index (χ1n) is 6.01. The first-order valence-corrected chi connectivity index (χ1v) is 6.01. The number of hydrogen-bond acceptors (Lipinski definition) is 4. The minimum absolute atomic E-state index is 0.0759. The van der Waals surface area contributed by atoms with Gasteiger partial charge in [0.1, 0.15) is 11.4 Å². The number of aromatic nitrogens is 2. The maximum absolute atomic E-state index is 12.0. The molecule has 1 aromatic heterocycles. The summed E-state index contributed by atoms with van der Waals surface area (Å²) >= 11 is 0.